The van der Waals surface area contributed by atoms with Gasteiger partial charge in [-0.2, -0.15) is 0 Å². The molecule has 2 fully saturated rings. The molecule has 1 atom stereocenters. The summed E-state index contributed by atoms with van der Waals surface area (Å²) >= 11 is 5.13. The molecule has 1 saturated heterocycles. The van der Waals surface area contributed by atoms with E-state index in [0.717, 1.165) is 38.6 Å². The number of nitrogens with zero attached hydrogens (tertiary/aromatic N) is 1. The van der Waals surface area contributed by atoms with Crippen molar-refractivity contribution in [2.45, 2.75) is 52.0 Å². The molecular formula is C13H22N2OS. The van der Waals surface area contributed by atoms with Crippen LogP contribution in [-0.4, -0.2) is 28.4 Å². The summed E-state index contributed by atoms with van der Waals surface area (Å²) in [5.74, 6) is 0.720. The second-order valence-corrected chi connectivity index (χ2v) is 6.19. The highest BCUT2D eigenvalue weighted by Crippen LogP contribution is 2.44. The summed E-state index contributed by atoms with van der Waals surface area (Å²) in [5.41, 5.74) is 5.31. The van der Waals surface area contributed by atoms with Gasteiger partial charge in [-0.1, -0.05) is 32.5 Å². The van der Waals surface area contributed by atoms with Crippen LogP contribution in [0.1, 0.15) is 46.0 Å². The van der Waals surface area contributed by atoms with Crippen molar-refractivity contribution in [1.82, 2.24) is 4.90 Å². The number of thiocarbonyl (C=S) groups is 1. The van der Waals surface area contributed by atoms with Gasteiger partial charge in [-0.15, -0.1) is 0 Å². The van der Waals surface area contributed by atoms with Crippen molar-refractivity contribution in [3.05, 3.63) is 0 Å². The second-order valence-electron chi connectivity index (χ2n) is 5.75. The molecule has 4 heteroatoms. The zero-order chi connectivity index (χ0) is 12.6. The van der Waals surface area contributed by atoms with Gasteiger partial charge < -0.3 is 10.6 Å². The van der Waals surface area contributed by atoms with Crippen LogP contribution in [0, 0.1) is 11.3 Å². The summed E-state index contributed by atoms with van der Waals surface area (Å²) in [6.07, 6.45) is 5.01. The van der Waals surface area contributed by atoms with Crippen molar-refractivity contribution >= 4 is 23.1 Å². The molecule has 0 bridgehead atoms. The lowest BCUT2D eigenvalue weighted by atomic mass is 9.67. The first-order valence-electron chi connectivity index (χ1n) is 6.60. The maximum absolute atomic E-state index is 12.7. The van der Waals surface area contributed by atoms with E-state index in [2.05, 4.69) is 13.8 Å². The molecule has 0 aromatic carbocycles. The van der Waals surface area contributed by atoms with E-state index in [9.17, 15) is 4.79 Å². The van der Waals surface area contributed by atoms with Crippen LogP contribution in [0.3, 0.4) is 0 Å². The molecule has 1 aliphatic heterocycles. The van der Waals surface area contributed by atoms with Crippen LogP contribution in [0.2, 0.25) is 0 Å². The largest absolute Gasteiger partial charge is 0.392 e. The zero-order valence-electron chi connectivity index (χ0n) is 10.7. The van der Waals surface area contributed by atoms with Gasteiger partial charge in [0.25, 0.3) is 0 Å². The van der Waals surface area contributed by atoms with Crippen LogP contribution in [0.5, 0.6) is 0 Å². The summed E-state index contributed by atoms with van der Waals surface area (Å²) in [6.45, 7) is 5.25. The molecule has 2 rings (SSSR count). The average Bonchev–Trinajstić information content (AvgIpc) is 2.62. The summed E-state index contributed by atoms with van der Waals surface area (Å²) in [5, 5.41) is 0. The average molecular weight is 254 g/mol. The Balaban J connectivity index is 2.16. The van der Waals surface area contributed by atoms with Crippen LogP contribution < -0.4 is 5.73 Å². The zero-order valence-corrected chi connectivity index (χ0v) is 11.6. The van der Waals surface area contributed by atoms with Gasteiger partial charge in [-0.25, -0.2) is 0 Å². The predicted molar refractivity (Wildman–Crippen MR) is 72.6 cm³/mol. The van der Waals surface area contributed by atoms with Crippen LogP contribution in [0.4, 0.5) is 0 Å². The molecule has 0 radical (unpaired) electrons. The Labute approximate surface area is 109 Å². The summed E-state index contributed by atoms with van der Waals surface area (Å²) in [7, 11) is 0. The van der Waals surface area contributed by atoms with Crippen molar-refractivity contribution < 1.29 is 4.79 Å². The number of carbonyl (C=O) groups excluding carboxylic acids is 1. The van der Waals surface area contributed by atoms with E-state index in [1.807, 2.05) is 4.90 Å². The van der Waals surface area contributed by atoms with E-state index in [1.165, 1.54) is 0 Å². The van der Waals surface area contributed by atoms with Crippen molar-refractivity contribution in [3.63, 3.8) is 0 Å². The van der Waals surface area contributed by atoms with E-state index >= 15 is 0 Å². The number of nitrogens with two attached hydrogens (primary N) is 1. The Morgan fingerprint density at radius 1 is 1.41 bits per heavy atom. The van der Waals surface area contributed by atoms with Crippen molar-refractivity contribution in [1.29, 1.82) is 0 Å². The Morgan fingerprint density at radius 3 is 2.47 bits per heavy atom. The van der Waals surface area contributed by atoms with Gasteiger partial charge >= 0.3 is 0 Å². The molecule has 17 heavy (non-hydrogen) atoms. The minimum Gasteiger partial charge on any atom is -0.392 e. The summed E-state index contributed by atoms with van der Waals surface area (Å²) in [4.78, 5) is 15.1. The van der Waals surface area contributed by atoms with Crippen LogP contribution >= 0.6 is 12.2 Å². The Hall–Kier alpha value is -0.640. The number of rotatable bonds is 3. The van der Waals surface area contributed by atoms with E-state index in [0.29, 0.717) is 16.9 Å². The summed E-state index contributed by atoms with van der Waals surface area (Å²) < 4.78 is 0. The highest BCUT2D eigenvalue weighted by atomic mass is 32.1. The Kier molecular flexibility index (Phi) is 3.43. The molecule has 1 unspecified atom stereocenters. The highest BCUT2D eigenvalue weighted by Gasteiger charge is 2.50. The van der Waals surface area contributed by atoms with Gasteiger partial charge in [0.05, 0.1) is 10.4 Å². The third kappa shape index (κ3) is 1.96. The normalized spacial score (nSPS) is 27.0. The van der Waals surface area contributed by atoms with E-state index in [-0.39, 0.29) is 5.91 Å². The third-order valence-electron chi connectivity index (χ3n) is 4.42. The number of hydrogen-bond donors (Lipinski definition) is 1. The second kappa shape index (κ2) is 4.56. The van der Waals surface area contributed by atoms with E-state index < -0.39 is 5.41 Å². The highest BCUT2D eigenvalue weighted by molar-refractivity contribution is 7.80. The van der Waals surface area contributed by atoms with Crippen LogP contribution in [0.15, 0.2) is 0 Å². The monoisotopic (exact) mass is 254 g/mol. The third-order valence-corrected chi connectivity index (χ3v) is 4.81. The Bertz CT molecular complexity index is 336. The Morgan fingerprint density at radius 2 is 2.06 bits per heavy atom. The van der Waals surface area contributed by atoms with Crippen molar-refractivity contribution in [2.75, 3.05) is 6.54 Å². The lowest BCUT2D eigenvalue weighted by Gasteiger charge is -2.43. The molecule has 1 saturated carbocycles. The topological polar surface area (TPSA) is 46.3 Å². The number of likely N-dealkylation sites (tertiary alicyclic amines) is 1. The van der Waals surface area contributed by atoms with Crippen molar-refractivity contribution in [3.8, 4) is 0 Å². The number of carbonyl (C=O) groups is 1. The van der Waals surface area contributed by atoms with E-state index in [4.69, 9.17) is 18.0 Å². The molecule has 1 aliphatic carbocycles. The lowest BCUT2D eigenvalue weighted by Crippen LogP contribution is -2.56. The van der Waals surface area contributed by atoms with Gasteiger partial charge in [0, 0.05) is 12.6 Å². The molecule has 3 nitrogen and oxygen atoms in total. The molecule has 0 aromatic rings. The first-order valence-corrected chi connectivity index (χ1v) is 7.01. The molecule has 1 heterocycles. The quantitative estimate of drug-likeness (QED) is 0.784. The smallest absolute Gasteiger partial charge is 0.235 e. The maximum Gasteiger partial charge on any atom is 0.235 e. The van der Waals surface area contributed by atoms with Crippen LogP contribution in [0.25, 0.3) is 0 Å². The van der Waals surface area contributed by atoms with Crippen molar-refractivity contribution in [2.24, 2.45) is 17.1 Å². The van der Waals surface area contributed by atoms with Gasteiger partial charge in [-0.3, -0.25) is 4.79 Å². The molecule has 0 spiro atoms. The SMILES string of the molecule is CC(C)C1CCCN1C(=O)C1(C(N)=S)CCC1. The first kappa shape index (κ1) is 12.8. The van der Waals surface area contributed by atoms with Gasteiger partial charge in [0.1, 0.15) is 0 Å². The minimum absolute atomic E-state index is 0.201. The molecule has 2 N–H and O–H groups in total. The minimum atomic E-state index is -0.493. The molecule has 1 amide bonds. The molecular weight excluding hydrogens is 232 g/mol. The molecule has 0 aromatic heterocycles. The van der Waals surface area contributed by atoms with E-state index in [1.54, 1.807) is 0 Å². The first-order chi connectivity index (χ1) is 7.99. The van der Waals surface area contributed by atoms with Gasteiger partial charge in [0.15, 0.2) is 0 Å². The predicted octanol–water partition coefficient (Wildman–Crippen LogP) is 2.09. The molecule has 2 aliphatic rings. The number of amides is 1. The van der Waals surface area contributed by atoms with Crippen LogP contribution in [-0.2, 0) is 4.79 Å². The lowest BCUT2D eigenvalue weighted by molar-refractivity contribution is -0.143. The van der Waals surface area contributed by atoms with Gasteiger partial charge in [0.2, 0.25) is 5.91 Å². The fourth-order valence-electron chi connectivity index (χ4n) is 3.11. The fourth-order valence-corrected chi connectivity index (χ4v) is 3.40. The summed E-state index contributed by atoms with van der Waals surface area (Å²) in [6, 6.07) is 0.384. The fraction of sp³-hybridized carbons (Fsp3) is 0.846. The van der Waals surface area contributed by atoms with Gasteiger partial charge in [-0.05, 0) is 31.6 Å². The maximum atomic E-state index is 12.7. The standard InChI is InChI=1S/C13H22N2OS/c1-9(2)10-5-3-8-15(10)12(16)13(11(14)17)6-4-7-13/h9-10H,3-8H2,1-2H3,(H2,14,17). The molecule has 96 valence electrons. The number of hydrogen-bond acceptors (Lipinski definition) is 2.